The number of aromatic nitrogens is 1. The lowest BCUT2D eigenvalue weighted by Crippen LogP contribution is -2.61. The van der Waals surface area contributed by atoms with Crippen LogP contribution in [-0.4, -0.2) is 108 Å². The average Bonchev–Trinajstić information content (AvgIpc) is 3.67. The Morgan fingerprint density at radius 2 is 1.65 bits per heavy atom. The predicted octanol–water partition coefficient (Wildman–Crippen LogP) is 4.00. The maximum absolute atomic E-state index is 13.8. The van der Waals surface area contributed by atoms with Crippen LogP contribution >= 0.6 is 11.3 Å². The van der Waals surface area contributed by atoms with Crippen LogP contribution in [0.1, 0.15) is 49.0 Å². The third kappa shape index (κ3) is 7.03. The molecular formula is C30H45N3O6S. The van der Waals surface area contributed by atoms with Crippen molar-refractivity contribution in [1.82, 2.24) is 9.88 Å². The fraction of sp³-hybridized carbons (Fsp3) is 0.733. The van der Waals surface area contributed by atoms with Gasteiger partial charge in [0.15, 0.2) is 10.9 Å². The van der Waals surface area contributed by atoms with Crippen molar-refractivity contribution in [3.63, 3.8) is 0 Å². The predicted molar refractivity (Wildman–Crippen MR) is 157 cm³/mol. The Balaban J connectivity index is 1.04. The molecule has 5 rings (SSSR count). The van der Waals surface area contributed by atoms with Crippen LogP contribution in [0.15, 0.2) is 12.1 Å². The first-order valence-electron chi connectivity index (χ1n) is 14.8. The number of carbonyl (C=O) groups excluding carboxylic acids is 1. The topological polar surface area (TPSA) is 91.4 Å². The molecule has 40 heavy (non-hydrogen) atoms. The van der Waals surface area contributed by atoms with Crippen LogP contribution in [0.2, 0.25) is 0 Å². The van der Waals surface area contributed by atoms with Gasteiger partial charge in [-0.15, -0.1) is 0 Å². The van der Waals surface area contributed by atoms with Crippen LogP contribution in [0.5, 0.6) is 0 Å². The van der Waals surface area contributed by atoms with Crippen molar-refractivity contribution in [1.29, 1.82) is 0 Å². The van der Waals surface area contributed by atoms with E-state index in [0.29, 0.717) is 77.7 Å². The quantitative estimate of drug-likeness (QED) is 0.265. The first-order chi connectivity index (χ1) is 19.5. The third-order valence-electron chi connectivity index (χ3n) is 8.73. The number of anilines is 1. The summed E-state index contributed by atoms with van der Waals surface area (Å²) in [4.78, 5) is 21.1. The second-order valence-electron chi connectivity index (χ2n) is 11.5. The molecule has 0 unspecified atom stereocenters. The SMILES string of the molecule is COCCOCCOCCOCCOCCNc1nc2cc3c(cc2s1)C(=O)[C@@H]1[C@H](C)[C@@]3(C)CCN1CC1CC1. The van der Waals surface area contributed by atoms with Crippen LogP contribution < -0.4 is 5.32 Å². The van der Waals surface area contributed by atoms with E-state index in [-0.39, 0.29) is 11.5 Å². The van der Waals surface area contributed by atoms with Crippen LogP contribution in [0.25, 0.3) is 10.2 Å². The van der Waals surface area contributed by atoms with Crippen molar-refractivity contribution in [3.05, 3.63) is 23.3 Å². The number of fused-ring (bicyclic) bond motifs is 5. The molecule has 222 valence electrons. The summed E-state index contributed by atoms with van der Waals surface area (Å²) >= 11 is 1.61. The number of Topliss-reactive ketones (excluding diaryl/α,β-unsaturated/α-hetero) is 1. The highest BCUT2D eigenvalue weighted by Gasteiger charge is 2.53. The van der Waals surface area contributed by atoms with E-state index in [1.807, 2.05) is 0 Å². The van der Waals surface area contributed by atoms with E-state index >= 15 is 0 Å². The number of ether oxygens (including phenoxy) is 5. The molecule has 0 spiro atoms. The summed E-state index contributed by atoms with van der Waals surface area (Å²) in [6, 6.07) is 4.31. The Labute approximate surface area is 241 Å². The van der Waals surface area contributed by atoms with Crippen LogP contribution in [0.4, 0.5) is 5.13 Å². The fourth-order valence-electron chi connectivity index (χ4n) is 6.04. The normalized spacial score (nSPS) is 24.5. The number of benzene rings is 1. The first-order valence-corrected chi connectivity index (χ1v) is 15.6. The van der Waals surface area contributed by atoms with Gasteiger partial charge in [0.2, 0.25) is 0 Å². The first kappa shape index (κ1) is 29.8. The van der Waals surface area contributed by atoms with Gasteiger partial charge < -0.3 is 29.0 Å². The summed E-state index contributed by atoms with van der Waals surface area (Å²) in [7, 11) is 1.65. The number of thiazole rings is 1. The highest BCUT2D eigenvalue weighted by atomic mass is 32.1. The molecule has 1 saturated carbocycles. The van der Waals surface area contributed by atoms with Gasteiger partial charge in [-0.2, -0.15) is 0 Å². The Kier molecular flexibility index (Phi) is 10.4. The summed E-state index contributed by atoms with van der Waals surface area (Å²) in [5.74, 6) is 1.41. The number of nitrogens with one attached hydrogen (secondary N) is 1. The minimum absolute atomic E-state index is 0.00862. The molecule has 3 aliphatic rings. The molecule has 10 heteroatoms. The minimum atomic E-state index is 0.00862. The number of piperidine rings is 1. The Hall–Kier alpha value is -1.66. The molecule has 1 aliphatic heterocycles. The summed E-state index contributed by atoms with van der Waals surface area (Å²) in [6.45, 7) is 12.4. The van der Waals surface area contributed by atoms with E-state index in [0.717, 1.165) is 46.3 Å². The van der Waals surface area contributed by atoms with E-state index in [1.54, 1.807) is 18.4 Å². The Morgan fingerprint density at radius 1 is 1.00 bits per heavy atom. The Bertz CT molecular complexity index is 1120. The van der Waals surface area contributed by atoms with Crippen LogP contribution in [0.3, 0.4) is 0 Å². The molecular weight excluding hydrogens is 530 g/mol. The highest BCUT2D eigenvalue weighted by Crippen LogP contribution is 2.50. The van der Waals surface area contributed by atoms with Crippen molar-refractivity contribution < 1.29 is 28.5 Å². The zero-order chi connectivity index (χ0) is 28.0. The van der Waals surface area contributed by atoms with E-state index in [1.165, 1.54) is 18.4 Å². The third-order valence-corrected chi connectivity index (χ3v) is 9.70. The smallest absolute Gasteiger partial charge is 0.183 e. The van der Waals surface area contributed by atoms with E-state index in [9.17, 15) is 4.79 Å². The lowest BCUT2D eigenvalue weighted by atomic mass is 9.58. The fourth-order valence-corrected chi connectivity index (χ4v) is 6.95. The molecule has 2 aromatic rings. The van der Waals surface area contributed by atoms with Gasteiger partial charge in [0.25, 0.3) is 0 Å². The molecule has 0 amide bonds. The molecule has 0 radical (unpaired) electrons. The number of likely N-dealkylation sites (tertiary alicyclic amines) is 1. The maximum atomic E-state index is 13.8. The highest BCUT2D eigenvalue weighted by molar-refractivity contribution is 7.22. The average molecular weight is 576 g/mol. The maximum Gasteiger partial charge on any atom is 0.183 e. The van der Waals surface area contributed by atoms with E-state index in [4.69, 9.17) is 28.7 Å². The summed E-state index contributed by atoms with van der Waals surface area (Å²) < 4.78 is 28.0. The van der Waals surface area contributed by atoms with Gasteiger partial charge in [-0.25, -0.2) is 4.98 Å². The minimum Gasteiger partial charge on any atom is -0.382 e. The molecule has 2 aliphatic carbocycles. The van der Waals surface area contributed by atoms with Crippen LogP contribution in [0, 0.1) is 11.8 Å². The molecule has 3 atom stereocenters. The number of hydrogen-bond donors (Lipinski definition) is 1. The second kappa shape index (κ2) is 14.0. The molecule has 1 saturated heterocycles. The molecule has 2 bridgehead atoms. The van der Waals surface area contributed by atoms with Gasteiger partial charge in [-0.05, 0) is 60.8 Å². The number of methoxy groups -OCH3 is 1. The second-order valence-corrected chi connectivity index (χ2v) is 12.5. The monoisotopic (exact) mass is 575 g/mol. The molecule has 1 N–H and O–H groups in total. The zero-order valence-corrected chi connectivity index (χ0v) is 25.1. The van der Waals surface area contributed by atoms with Crippen molar-refractivity contribution >= 4 is 32.5 Å². The van der Waals surface area contributed by atoms with Crippen molar-refractivity contribution in [2.75, 3.05) is 91.5 Å². The molecule has 2 fully saturated rings. The zero-order valence-electron chi connectivity index (χ0n) is 24.2. The number of hydrogen-bond acceptors (Lipinski definition) is 10. The summed E-state index contributed by atoms with van der Waals surface area (Å²) in [6.07, 6.45) is 3.73. The summed E-state index contributed by atoms with van der Waals surface area (Å²) in [5.41, 5.74) is 3.10. The van der Waals surface area contributed by atoms with Crippen molar-refractivity contribution in [2.45, 2.75) is 44.6 Å². The Morgan fingerprint density at radius 3 is 2.30 bits per heavy atom. The van der Waals surface area contributed by atoms with E-state index < -0.39 is 0 Å². The van der Waals surface area contributed by atoms with Crippen molar-refractivity contribution in [3.8, 4) is 0 Å². The number of ketones is 1. The van der Waals surface area contributed by atoms with Crippen LogP contribution in [-0.2, 0) is 29.1 Å². The summed E-state index contributed by atoms with van der Waals surface area (Å²) in [5, 5.41) is 4.25. The molecule has 1 aromatic heterocycles. The van der Waals surface area contributed by atoms with Gasteiger partial charge in [0, 0.05) is 25.8 Å². The number of rotatable bonds is 18. The standard InChI is InChI=1S/C30H45N3O6S/c1-21-27-28(34)23-18-26-25(19-24(23)30(21,2)6-8-33(27)20-22-4-5-22)32-29(40-26)31-7-9-36-12-13-38-16-17-39-15-14-37-11-10-35-3/h18-19,21-22,27H,4-17,20H2,1-3H3,(H,31,32)/t21-,27-,30+/m0/s1. The molecule has 1 aromatic carbocycles. The largest absolute Gasteiger partial charge is 0.382 e. The van der Waals surface area contributed by atoms with Gasteiger partial charge in [0.05, 0.1) is 75.7 Å². The van der Waals surface area contributed by atoms with Crippen molar-refractivity contribution in [2.24, 2.45) is 11.8 Å². The number of nitrogens with zero attached hydrogens (tertiary/aromatic N) is 2. The van der Waals surface area contributed by atoms with Gasteiger partial charge in [-0.1, -0.05) is 25.2 Å². The van der Waals surface area contributed by atoms with Gasteiger partial charge >= 0.3 is 0 Å². The van der Waals surface area contributed by atoms with Gasteiger partial charge in [-0.3, -0.25) is 9.69 Å². The molecule has 9 nitrogen and oxygen atoms in total. The lowest BCUT2D eigenvalue weighted by molar-refractivity contribution is -0.00700. The van der Waals surface area contributed by atoms with E-state index in [2.05, 4.69) is 36.2 Å². The van der Waals surface area contributed by atoms with Gasteiger partial charge in [0.1, 0.15) is 0 Å². The lowest BCUT2D eigenvalue weighted by Gasteiger charge is -2.53. The number of carbonyl (C=O) groups is 1. The molecule has 2 heterocycles.